The summed E-state index contributed by atoms with van der Waals surface area (Å²) in [5.74, 6) is 0.494. The third kappa shape index (κ3) is 4.83. The highest BCUT2D eigenvalue weighted by Crippen LogP contribution is 2.39. The second-order valence-corrected chi connectivity index (χ2v) is 10.8. The highest BCUT2D eigenvalue weighted by Gasteiger charge is 2.24. The van der Waals surface area contributed by atoms with Gasteiger partial charge in [-0.25, -0.2) is 8.42 Å². The van der Waals surface area contributed by atoms with Gasteiger partial charge < -0.3 is 4.18 Å². The van der Waals surface area contributed by atoms with Gasteiger partial charge in [0.1, 0.15) is 10.6 Å². The molecule has 0 spiro atoms. The van der Waals surface area contributed by atoms with Gasteiger partial charge in [0.2, 0.25) is 0 Å². The minimum absolute atomic E-state index is 0.0517. The van der Waals surface area contributed by atoms with Gasteiger partial charge in [-0.3, -0.25) is 0 Å². The van der Waals surface area contributed by atoms with Crippen LogP contribution in [0.3, 0.4) is 0 Å². The smallest absolute Gasteiger partial charge is 0.339 e. The Balaban J connectivity index is 1.92. The summed E-state index contributed by atoms with van der Waals surface area (Å²) in [6, 6.07) is 9.95. The lowest BCUT2D eigenvalue weighted by atomic mass is 9.84. The molecule has 0 unspecified atom stereocenters. The molecule has 0 N–H and O–H groups in total. The first-order valence-electron chi connectivity index (χ1n) is 8.71. The highest BCUT2D eigenvalue weighted by atomic mass is 35.5. The Labute approximate surface area is 165 Å². The zero-order valence-electron chi connectivity index (χ0n) is 14.9. The molecule has 0 atom stereocenters. The number of benzene rings is 2. The zero-order chi connectivity index (χ0) is 19.7. The van der Waals surface area contributed by atoms with E-state index in [1.165, 1.54) is 30.7 Å². The summed E-state index contributed by atoms with van der Waals surface area (Å²) >= 11 is 6.12. The van der Waals surface area contributed by atoms with Gasteiger partial charge in [0.05, 0.1) is 4.90 Å². The number of rotatable bonds is 5. The van der Waals surface area contributed by atoms with Crippen molar-refractivity contribution in [2.75, 3.05) is 6.26 Å². The van der Waals surface area contributed by atoms with Crippen LogP contribution in [0, 0.1) is 0 Å². The van der Waals surface area contributed by atoms with Crippen molar-refractivity contribution in [2.24, 2.45) is 0 Å². The van der Waals surface area contributed by atoms with Crippen LogP contribution in [0.1, 0.15) is 43.6 Å². The molecule has 0 saturated heterocycles. The molecule has 0 bridgehead atoms. The molecule has 0 radical (unpaired) electrons. The van der Waals surface area contributed by atoms with E-state index >= 15 is 0 Å². The molecule has 0 amide bonds. The van der Waals surface area contributed by atoms with E-state index in [4.69, 9.17) is 15.8 Å². The SMILES string of the molecule is CS(=O)(=O)c1ccc(S(=O)(=O)Oc2ccc(Cl)cc2C2CCCCC2)cc1. The maximum Gasteiger partial charge on any atom is 0.339 e. The van der Waals surface area contributed by atoms with Crippen LogP contribution in [0.4, 0.5) is 0 Å². The standard InChI is InChI=1S/C19H21ClO5S2/c1-26(21,22)16-8-10-17(11-9-16)27(23,24)25-19-12-7-15(20)13-18(19)14-5-3-2-4-6-14/h7-14H,2-6H2,1H3. The number of hydrogen-bond donors (Lipinski definition) is 0. The van der Waals surface area contributed by atoms with Gasteiger partial charge in [0.25, 0.3) is 0 Å². The van der Waals surface area contributed by atoms with E-state index in [1.807, 2.05) is 0 Å². The Hall–Kier alpha value is -1.57. The molecule has 3 rings (SSSR count). The van der Waals surface area contributed by atoms with E-state index in [9.17, 15) is 16.8 Å². The zero-order valence-corrected chi connectivity index (χ0v) is 17.3. The molecule has 27 heavy (non-hydrogen) atoms. The lowest BCUT2D eigenvalue weighted by Gasteiger charge is -2.24. The summed E-state index contributed by atoms with van der Waals surface area (Å²) < 4.78 is 53.9. The van der Waals surface area contributed by atoms with E-state index in [1.54, 1.807) is 18.2 Å². The fraction of sp³-hybridized carbons (Fsp3) is 0.368. The third-order valence-electron chi connectivity index (χ3n) is 4.76. The van der Waals surface area contributed by atoms with Gasteiger partial charge in [0.15, 0.2) is 9.84 Å². The summed E-state index contributed by atoms with van der Waals surface area (Å²) in [5, 5.41) is 0.540. The topological polar surface area (TPSA) is 77.5 Å². The summed E-state index contributed by atoms with van der Waals surface area (Å²) in [7, 11) is -7.49. The molecule has 2 aromatic rings. The van der Waals surface area contributed by atoms with Crippen molar-refractivity contribution < 1.29 is 21.0 Å². The second kappa shape index (κ2) is 7.81. The largest absolute Gasteiger partial charge is 0.379 e. The molecular formula is C19H21ClO5S2. The lowest BCUT2D eigenvalue weighted by molar-refractivity contribution is 0.428. The fourth-order valence-corrected chi connectivity index (χ4v) is 5.11. The molecule has 1 aliphatic rings. The predicted octanol–water partition coefficient (Wildman–Crippen LogP) is 4.56. The van der Waals surface area contributed by atoms with Crippen LogP contribution in [0.2, 0.25) is 5.02 Å². The molecule has 0 aromatic heterocycles. The van der Waals surface area contributed by atoms with Crippen molar-refractivity contribution in [3.63, 3.8) is 0 Å². The van der Waals surface area contributed by atoms with E-state index < -0.39 is 20.0 Å². The molecule has 8 heteroatoms. The van der Waals surface area contributed by atoms with Crippen LogP contribution in [0.15, 0.2) is 52.3 Å². The van der Waals surface area contributed by atoms with Gasteiger partial charge in [-0.1, -0.05) is 30.9 Å². The normalized spacial score (nSPS) is 16.2. The van der Waals surface area contributed by atoms with Crippen LogP contribution >= 0.6 is 11.6 Å². The van der Waals surface area contributed by atoms with Crippen LogP contribution < -0.4 is 4.18 Å². The molecule has 5 nitrogen and oxygen atoms in total. The molecular weight excluding hydrogens is 408 g/mol. The quantitative estimate of drug-likeness (QED) is 0.652. The van der Waals surface area contributed by atoms with Crippen molar-refractivity contribution >= 4 is 31.6 Å². The van der Waals surface area contributed by atoms with Crippen molar-refractivity contribution in [3.8, 4) is 5.75 Å². The van der Waals surface area contributed by atoms with Crippen LogP contribution in [-0.4, -0.2) is 23.1 Å². The first kappa shape index (κ1) is 20.2. The minimum atomic E-state index is -4.09. The summed E-state index contributed by atoms with van der Waals surface area (Å²) in [5.41, 5.74) is 0.804. The average molecular weight is 429 g/mol. The Morgan fingerprint density at radius 3 is 2.07 bits per heavy atom. The Kier molecular flexibility index (Phi) is 5.84. The summed E-state index contributed by atoms with van der Waals surface area (Å²) in [6.45, 7) is 0. The first-order chi connectivity index (χ1) is 12.7. The Morgan fingerprint density at radius 1 is 0.889 bits per heavy atom. The summed E-state index contributed by atoms with van der Waals surface area (Å²) in [4.78, 5) is -0.0460. The van der Waals surface area contributed by atoms with Crippen LogP contribution in [0.25, 0.3) is 0 Å². The minimum Gasteiger partial charge on any atom is -0.379 e. The molecule has 1 saturated carbocycles. The van der Waals surface area contributed by atoms with Gasteiger partial charge in [0, 0.05) is 16.8 Å². The average Bonchev–Trinajstić information content (AvgIpc) is 2.63. The number of hydrogen-bond acceptors (Lipinski definition) is 5. The third-order valence-corrected chi connectivity index (χ3v) is 7.37. The monoisotopic (exact) mass is 428 g/mol. The Bertz CT molecular complexity index is 1020. The lowest BCUT2D eigenvalue weighted by Crippen LogP contribution is -2.13. The molecule has 2 aromatic carbocycles. The van der Waals surface area contributed by atoms with Crippen LogP contribution in [-0.2, 0) is 20.0 Å². The maximum atomic E-state index is 12.7. The van der Waals surface area contributed by atoms with E-state index in [0.29, 0.717) is 5.02 Å². The van der Waals surface area contributed by atoms with Crippen molar-refractivity contribution in [3.05, 3.63) is 53.1 Å². The Morgan fingerprint density at radius 2 is 1.48 bits per heavy atom. The fourth-order valence-electron chi connectivity index (χ4n) is 3.35. The van der Waals surface area contributed by atoms with E-state index in [2.05, 4.69) is 0 Å². The van der Waals surface area contributed by atoms with Gasteiger partial charge in [-0.15, -0.1) is 0 Å². The molecule has 0 heterocycles. The molecule has 0 aliphatic heterocycles. The van der Waals surface area contributed by atoms with E-state index in [0.717, 1.165) is 37.5 Å². The van der Waals surface area contributed by atoms with Crippen LogP contribution in [0.5, 0.6) is 5.75 Å². The number of halogens is 1. The van der Waals surface area contributed by atoms with Crippen molar-refractivity contribution in [1.29, 1.82) is 0 Å². The maximum absolute atomic E-state index is 12.7. The summed E-state index contributed by atoms with van der Waals surface area (Å²) in [6.07, 6.45) is 6.38. The highest BCUT2D eigenvalue weighted by molar-refractivity contribution is 7.90. The molecule has 1 fully saturated rings. The number of sulfone groups is 1. The van der Waals surface area contributed by atoms with E-state index in [-0.39, 0.29) is 21.5 Å². The second-order valence-electron chi connectivity index (χ2n) is 6.80. The van der Waals surface area contributed by atoms with Gasteiger partial charge in [-0.05, 0) is 61.2 Å². The molecule has 146 valence electrons. The first-order valence-corrected chi connectivity index (χ1v) is 12.4. The van der Waals surface area contributed by atoms with Gasteiger partial charge in [-0.2, -0.15) is 8.42 Å². The van der Waals surface area contributed by atoms with Crippen molar-refractivity contribution in [1.82, 2.24) is 0 Å². The van der Waals surface area contributed by atoms with Gasteiger partial charge >= 0.3 is 10.1 Å². The van der Waals surface area contributed by atoms with Crippen molar-refractivity contribution in [2.45, 2.75) is 47.8 Å². The predicted molar refractivity (Wildman–Crippen MR) is 105 cm³/mol. The molecule has 1 aliphatic carbocycles.